The van der Waals surface area contributed by atoms with Crippen LogP contribution in [-0.4, -0.2) is 16.9 Å². The third-order valence-electron chi connectivity index (χ3n) is 4.17. The number of carbonyl (C=O) groups excluding carboxylic acids is 1. The topological polar surface area (TPSA) is 54.0 Å². The number of halogens is 3. The lowest BCUT2D eigenvalue weighted by molar-refractivity contribution is -0.137. The van der Waals surface area contributed by atoms with Crippen LogP contribution in [0.2, 0.25) is 0 Å². The smallest absolute Gasteiger partial charge is 0.354 e. The van der Waals surface area contributed by atoms with E-state index in [9.17, 15) is 18.0 Å². The fourth-order valence-corrected chi connectivity index (χ4v) is 2.91. The van der Waals surface area contributed by atoms with E-state index in [0.29, 0.717) is 11.3 Å². The Balaban J connectivity index is 1.72. The number of aromatic nitrogens is 1. The van der Waals surface area contributed by atoms with Crippen LogP contribution in [0.15, 0.2) is 42.7 Å². The van der Waals surface area contributed by atoms with Crippen molar-refractivity contribution in [3.63, 3.8) is 0 Å². The van der Waals surface area contributed by atoms with Gasteiger partial charge >= 0.3 is 6.18 Å². The summed E-state index contributed by atoms with van der Waals surface area (Å²) in [6, 6.07) is 6.65. The second kappa shape index (κ2) is 7.13. The number of hydrogen-bond donors (Lipinski definition) is 2. The highest BCUT2D eigenvalue weighted by molar-refractivity contribution is 5.95. The van der Waals surface area contributed by atoms with Crippen molar-refractivity contribution < 1.29 is 18.0 Å². The summed E-state index contributed by atoms with van der Waals surface area (Å²) in [5.74, 6) is -0.216. The van der Waals surface area contributed by atoms with Crippen molar-refractivity contribution in [2.45, 2.75) is 37.9 Å². The molecule has 1 heterocycles. The van der Waals surface area contributed by atoms with E-state index in [-0.39, 0.29) is 17.6 Å². The van der Waals surface area contributed by atoms with E-state index < -0.39 is 11.7 Å². The molecule has 0 bridgehead atoms. The van der Waals surface area contributed by atoms with Crippen LogP contribution in [0.3, 0.4) is 0 Å². The maximum atomic E-state index is 12.8. The first-order valence-electron chi connectivity index (χ1n) is 8.12. The molecule has 25 heavy (non-hydrogen) atoms. The van der Waals surface area contributed by atoms with Gasteiger partial charge in [0, 0.05) is 17.9 Å². The maximum Gasteiger partial charge on any atom is 0.416 e. The summed E-state index contributed by atoms with van der Waals surface area (Å²) < 4.78 is 38.3. The number of rotatable bonds is 4. The van der Waals surface area contributed by atoms with Crippen LogP contribution < -0.4 is 10.6 Å². The van der Waals surface area contributed by atoms with Gasteiger partial charge in [-0.15, -0.1) is 0 Å². The second-order valence-electron chi connectivity index (χ2n) is 6.12. The van der Waals surface area contributed by atoms with Gasteiger partial charge in [0.25, 0.3) is 5.91 Å². The standard InChI is InChI=1S/C18H18F3N3O/c19-18(20,21)13-4-3-7-15(9-13)23-16-8-12(10-22-11-16)17(25)24-14-5-1-2-6-14/h3-4,7-11,14,23H,1-2,5-6H2,(H,24,25). The van der Waals surface area contributed by atoms with E-state index in [4.69, 9.17) is 0 Å². The Hall–Kier alpha value is -2.57. The van der Waals surface area contributed by atoms with E-state index in [1.807, 2.05) is 0 Å². The lowest BCUT2D eigenvalue weighted by Gasteiger charge is -2.13. The van der Waals surface area contributed by atoms with Crippen molar-refractivity contribution in [2.24, 2.45) is 0 Å². The first-order chi connectivity index (χ1) is 11.9. The summed E-state index contributed by atoms with van der Waals surface area (Å²) in [5, 5.41) is 5.82. The number of anilines is 2. The normalized spacial score (nSPS) is 15.2. The van der Waals surface area contributed by atoms with E-state index in [1.165, 1.54) is 24.5 Å². The van der Waals surface area contributed by atoms with Crippen LogP contribution in [0.1, 0.15) is 41.6 Å². The molecule has 1 aliphatic carbocycles. The number of nitrogens with one attached hydrogen (secondary N) is 2. The molecule has 1 fully saturated rings. The lowest BCUT2D eigenvalue weighted by Crippen LogP contribution is -2.32. The van der Waals surface area contributed by atoms with Gasteiger partial charge in [-0.25, -0.2) is 0 Å². The molecule has 0 aliphatic heterocycles. The van der Waals surface area contributed by atoms with Crippen molar-refractivity contribution in [3.05, 3.63) is 53.9 Å². The molecule has 132 valence electrons. The van der Waals surface area contributed by atoms with Crippen LogP contribution in [0.5, 0.6) is 0 Å². The Morgan fingerprint density at radius 1 is 1.08 bits per heavy atom. The lowest BCUT2D eigenvalue weighted by atomic mass is 10.2. The molecule has 1 saturated carbocycles. The average Bonchev–Trinajstić information content (AvgIpc) is 3.07. The summed E-state index contributed by atoms with van der Waals surface area (Å²) in [6.45, 7) is 0. The number of amides is 1. The van der Waals surface area contributed by atoms with Crippen molar-refractivity contribution in [1.82, 2.24) is 10.3 Å². The molecule has 3 rings (SSSR count). The summed E-state index contributed by atoms with van der Waals surface area (Å²) in [5.41, 5.74) is 0.382. The largest absolute Gasteiger partial charge is 0.416 e. The first kappa shape index (κ1) is 17.3. The zero-order valence-electron chi connectivity index (χ0n) is 13.4. The van der Waals surface area contributed by atoms with Crippen molar-refractivity contribution in [1.29, 1.82) is 0 Å². The molecule has 2 N–H and O–H groups in total. The van der Waals surface area contributed by atoms with Crippen molar-refractivity contribution in [2.75, 3.05) is 5.32 Å². The predicted octanol–water partition coefficient (Wildman–Crippen LogP) is 4.52. The molecular weight excluding hydrogens is 331 g/mol. The van der Waals surface area contributed by atoms with E-state index >= 15 is 0 Å². The number of carbonyl (C=O) groups is 1. The molecule has 1 aromatic heterocycles. The minimum Gasteiger partial charge on any atom is -0.354 e. The Bertz CT molecular complexity index is 755. The molecule has 4 nitrogen and oxygen atoms in total. The molecular formula is C18H18F3N3O. The molecule has 0 saturated heterocycles. The van der Waals surface area contributed by atoms with Crippen molar-refractivity contribution in [3.8, 4) is 0 Å². The molecule has 1 aromatic carbocycles. The zero-order valence-corrected chi connectivity index (χ0v) is 13.4. The van der Waals surface area contributed by atoms with Gasteiger partial charge in [0.15, 0.2) is 0 Å². The Morgan fingerprint density at radius 3 is 2.56 bits per heavy atom. The minimum absolute atomic E-state index is 0.188. The molecule has 0 atom stereocenters. The highest BCUT2D eigenvalue weighted by Crippen LogP contribution is 2.31. The molecule has 1 aliphatic rings. The summed E-state index contributed by atoms with van der Waals surface area (Å²) in [6.07, 6.45) is 2.68. The minimum atomic E-state index is -4.40. The zero-order chi connectivity index (χ0) is 17.9. The predicted molar refractivity (Wildman–Crippen MR) is 88.7 cm³/mol. The quantitative estimate of drug-likeness (QED) is 0.853. The molecule has 0 spiro atoms. The van der Waals surface area contributed by atoms with Gasteiger partial charge in [-0.2, -0.15) is 13.2 Å². The SMILES string of the molecule is O=C(NC1CCCC1)c1cncc(Nc2cccc(C(F)(F)F)c2)c1. The summed E-state index contributed by atoms with van der Waals surface area (Å²) in [7, 11) is 0. The Labute approximate surface area is 143 Å². The van der Waals surface area contributed by atoms with Crippen LogP contribution in [0.25, 0.3) is 0 Å². The highest BCUT2D eigenvalue weighted by atomic mass is 19.4. The number of alkyl halides is 3. The number of hydrogen-bond acceptors (Lipinski definition) is 3. The van der Waals surface area contributed by atoms with Gasteiger partial charge in [0.2, 0.25) is 0 Å². The first-order valence-corrected chi connectivity index (χ1v) is 8.12. The maximum absolute atomic E-state index is 12.8. The summed E-state index contributed by atoms with van der Waals surface area (Å²) >= 11 is 0. The van der Waals surface area contributed by atoms with Gasteiger partial charge in [-0.1, -0.05) is 18.9 Å². The Morgan fingerprint density at radius 2 is 1.84 bits per heavy atom. The summed E-state index contributed by atoms with van der Waals surface area (Å²) in [4.78, 5) is 16.3. The van der Waals surface area contributed by atoms with Crippen LogP contribution in [0, 0.1) is 0 Å². The third kappa shape index (κ3) is 4.49. The van der Waals surface area contributed by atoms with E-state index in [0.717, 1.165) is 37.8 Å². The fourth-order valence-electron chi connectivity index (χ4n) is 2.91. The van der Waals surface area contributed by atoms with Crippen LogP contribution in [-0.2, 0) is 6.18 Å². The third-order valence-corrected chi connectivity index (χ3v) is 4.17. The van der Waals surface area contributed by atoms with Crippen molar-refractivity contribution >= 4 is 17.3 Å². The van der Waals surface area contributed by atoms with Crippen LogP contribution in [0.4, 0.5) is 24.5 Å². The fraction of sp³-hybridized carbons (Fsp3) is 0.333. The molecule has 7 heteroatoms. The average molecular weight is 349 g/mol. The van der Waals surface area contributed by atoms with E-state index in [1.54, 1.807) is 6.07 Å². The molecule has 2 aromatic rings. The molecule has 0 radical (unpaired) electrons. The van der Waals surface area contributed by atoms with Gasteiger partial charge in [-0.05, 0) is 37.1 Å². The van der Waals surface area contributed by atoms with Crippen LogP contribution >= 0.6 is 0 Å². The second-order valence-corrected chi connectivity index (χ2v) is 6.12. The molecule has 0 unspecified atom stereocenters. The highest BCUT2D eigenvalue weighted by Gasteiger charge is 2.30. The van der Waals surface area contributed by atoms with Gasteiger partial charge in [0.1, 0.15) is 0 Å². The Kier molecular flexibility index (Phi) is 4.92. The monoisotopic (exact) mass is 349 g/mol. The molecule has 1 amide bonds. The number of benzene rings is 1. The van der Waals surface area contributed by atoms with Gasteiger partial charge in [0.05, 0.1) is 23.0 Å². The van der Waals surface area contributed by atoms with Gasteiger partial charge in [-0.3, -0.25) is 9.78 Å². The number of nitrogens with zero attached hydrogens (tertiary/aromatic N) is 1. The van der Waals surface area contributed by atoms with Gasteiger partial charge < -0.3 is 10.6 Å². The van der Waals surface area contributed by atoms with E-state index in [2.05, 4.69) is 15.6 Å². The number of pyridine rings is 1.